The molecule has 1 aromatic carbocycles. The normalized spacial score (nSPS) is 10.4. The highest BCUT2D eigenvalue weighted by Gasteiger charge is 1.97. The molecule has 0 unspecified atom stereocenters. The van der Waals surface area contributed by atoms with Gasteiger partial charge in [-0.25, -0.2) is 0 Å². The van der Waals surface area contributed by atoms with Crippen molar-refractivity contribution in [2.75, 3.05) is 0 Å². The van der Waals surface area contributed by atoms with Crippen LogP contribution in [0.25, 0.3) is 0 Å². The molecule has 0 atom stereocenters. The Balaban J connectivity index is 2.10. The van der Waals surface area contributed by atoms with Gasteiger partial charge in [-0.3, -0.25) is 0 Å². The van der Waals surface area contributed by atoms with Crippen LogP contribution in [0.3, 0.4) is 0 Å². The van der Waals surface area contributed by atoms with Crippen molar-refractivity contribution < 1.29 is 0 Å². The highest BCUT2D eigenvalue weighted by molar-refractivity contribution is 9.08. The lowest BCUT2D eigenvalue weighted by Gasteiger charge is -2.00. The van der Waals surface area contributed by atoms with E-state index >= 15 is 0 Å². The van der Waals surface area contributed by atoms with E-state index in [1.54, 1.807) is 0 Å². The van der Waals surface area contributed by atoms with E-state index in [0.717, 1.165) is 11.8 Å². The second kappa shape index (κ2) is 4.76. The van der Waals surface area contributed by atoms with Crippen molar-refractivity contribution in [1.82, 2.24) is 0 Å². The van der Waals surface area contributed by atoms with Gasteiger partial charge >= 0.3 is 0 Å². The first kappa shape index (κ1) is 9.94. The SMILES string of the molecule is BrCc1ccc(Cc2cccs2)cc1. The Morgan fingerprint density at radius 2 is 1.71 bits per heavy atom. The van der Waals surface area contributed by atoms with Crippen LogP contribution in [0.1, 0.15) is 16.0 Å². The van der Waals surface area contributed by atoms with E-state index in [-0.39, 0.29) is 0 Å². The topological polar surface area (TPSA) is 0 Å². The van der Waals surface area contributed by atoms with Gasteiger partial charge in [0.15, 0.2) is 0 Å². The van der Waals surface area contributed by atoms with Gasteiger partial charge in [0.05, 0.1) is 0 Å². The van der Waals surface area contributed by atoms with Crippen LogP contribution >= 0.6 is 27.3 Å². The van der Waals surface area contributed by atoms with Crippen molar-refractivity contribution in [3.05, 3.63) is 57.8 Å². The highest BCUT2D eigenvalue weighted by atomic mass is 79.9. The molecule has 1 aromatic heterocycles. The number of benzene rings is 1. The highest BCUT2D eigenvalue weighted by Crippen LogP contribution is 2.15. The number of halogens is 1. The van der Waals surface area contributed by atoms with Crippen molar-refractivity contribution in [2.24, 2.45) is 0 Å². The van der Waals surface area contributed by atoms with E-state index in [2.05, 4.69) is 57.7 Å². The quantitative estimate of drug-likeness (QED) is 0.730. The summed E-state index contributed by atoms with van der Waals surface area (Å²) in [7, 11) is 0. The lowest BCUT2D eigenvalue weighted by molar-refractivity contribution is 1.23. The fourth-order valence-corrected chi connectivity index (χ4v) is 2.47. The molecular formula is C12H11BrS. The summed E-state index contributed by atoms with van der Waals surface area (Å²) in [6.07, 6.45) is 1.06. The molecule has 0 aliphatic heterocycles. The molecule has 72 valence electrons. The molecule has 0 aliphatic carbocycles. The van der Waals surface area contributed by atoms with Gasteiger partial charge in [-0.15, -0.1) is 11.3 Å². The van der Waals surface area contributed by atoms with Gasteiger partial charge in [0, 0.05) is 16.6 Å². The Bertz CT molecular complexity index is 375. The summed E-state index contributed by atoms with van der Waals surface area (Å²) >= 11 is 5.26. The predicted molar refractivity (Wildman–Crippen MR) is 66.2 cm³/mol. The van der Waals surface area contributed by atoms with E-state index in [0.29, 0.717) is 0 Å². The third kappa shape index (κ3) is 2.46. The van der Waals surface area contributed by atoms with Crippen LogP contribution < -0.4 is 0 Å². The van der Waals surface area contributed by atoms with Gasteiger partial charge in [0.25, 0.3) is 0 Å². The third-order valence-electron chi connectivity index (χ3n) is 2.14. The smallest absolute Gasteiger partial charge is 0.0283 e. The van der Waals surface area contributed by atoms with Gasteiger partial charge < -0.3 is 0 Å². The monoisotopic (exact) mass is 266 g/mol. The number of thiophene rings is 1. The van der Waals surface area contributed by atoms with Crippen LogP contribution in [0.15, 0.2) is 41.8 Å². The Hall–Kier alpha value is -0.600. The second-order valence-electron chi connectivity index (χ2n) is 3.21. The largest absolute Gasteiger partial charge is 0.149 e. The maximum absolute atomic E-state index is 3.44. The van der Waals surface area contributed by atoms with Crippen LogP contribution in [0.4, 0.5) is 0 Å². The molecule has 0 saturated carbocycles. The minimum Gasteiger partial charge on any atom is -0.149 e. The van der Waals surface area contributed by atoms with Crippen LogP contribution in [-0.2, 0) is 11.8 Å². The molecule has 0 amide bonds. The molecule has 0 aliphatic rings. The Kier molecular flexibility index (Phi) is 3.38. The Morgan fingerprint density at radius 3 is 2.29 bits per heavy atom. The lowest BCUT2D eigenvalue weighted by atomic mass is 10.1. The summed E-state index contributed by atoms with van der Waals surface area (Å²) < 4.78 is 0. The minimum absolute atomic E-state index is 0.937. The standard InChI is InChI=1S/C12H11BrS/c13-9-11-5-3-10(4-6-11)8-12-2-1-7-14-12/h1-7H,8-9H2. The summed E-state index contributed by atoms with van der Waals surface area (Å²) in [5.41, 5.74) is 2.72. The van der Waals surface area contributed by atoms with Crippen molar-refractivity contribution in [3.8, 4) is 0 Å². The van der Waals surface area contributed by atoms with Gasteiger partial charge in [-0.05, 0) is 22.6 Å². The molecule has 0 radical (unpaired) electrons. The molecule has 0 bridgehead atoms. The van der Waals surface area contributed by atoms with E-state index in [1.165, 1.54) is 16.0 Å². The first-order valence-corrected chi connectivity index (χ1v) is 6.55. The zero-order chi connectivity index (χ0) is 9.80. The average molecular weight is 267 g/mol. The maximum atomic E-state index is 3.44. The van der Waals surface area contributed by atoms with Gasteiger partial charge in [0.1, 0.15) is 0 Å². The van der Waals surface area contributed by atoms with Crippen LogP contribution in [-0.4, -0.2) is 0 Å². The summed E-state index contributed by atoms with van der Waals surface area (Å²) in [5.74, 6) is 0. The zero-order valence-corrected chi connectivity index (χ0v) is 10.1. The molecule has 2 heteroatoms. The fourth-order valence-electron chi connectivity index (χ4n) is 1.36. The van der Waals surface area contributed by atoms with E-state index in [4.69, 9.17) is 0 Å². The lowest BCUT2D eigenvalue weighted by Crippen LogP contribution is -1.85. The Labute approximate surface area is 96.7 Å². The molecule has 0 nitrogen and oxygen atoms in total. The molecule has 0 N–H and O–H groups in total. The van der Waals surface area contributed by atoms with E-state index in [9.17, 15) is 0 Å². The number of rotatable bonds is 3. The molecule has 0 saturated heterocycles. The van der Waals surface area contributed by atoms with Crippen molar-refractivity contribution in [1.29, 1.82) is 0 Å². The molecule has 0 spiro atoms. The molecule has 14 heavy (non-hydrogen) atoms. The summed E-state index contributed by atoms with van der Waals surface area (Å²) in [5, 5.41) is 3.06. The summed E-state index contributed by atoms with van der Waals surface area (Å²) in [4.78, 5) is 1.43. The average Bonchev–Trinajstić information content (AvgIpc) is 2.72. The van der Waals surface area contributed by atoms with Crippen LogP contribution in [0, 0.1) is 0 Å². The van der Waals surface area contributed by atoms with Crippen molar-refractivity contribution >= 4 is 27.3 Å². The van der Waals surface area contributed by atoms with Crippen molar-refractivity contribution in [3.63, 3.8) is 0 Å². The molecule has 2 aromatic rings. The number of hydrogen-bond donors (Lipinski definition) is 0. The summed E-state index contributed by atoms with van der Waals surface area (Å²) in [6.45, 7) is 0. The van der Waals surface area contributed by atoms with Crippen LogP contribution in [0.2, 0.25) is 0 Å². The fraction of sp³-hybridized carbons (Fsp3) is 0.167. The molecular weight excluding hydrogens is 256 g/mol. The predicted octanol–water partition coefficient (Wildman–Crippen LogP) is 4.23. The number of alkyl halides is 1. The molecule has 0 fully saturated rings. The second-order valence-corrected chi connectivity index (χ2v) is 4.80. The maximum Gasteiger partial charge on any atom is 0.0283 e. The molecule has 1 heterocycles. The third-order valence-corrected chi connectivity index (χ3v) is 3.66. The van der Waals surface area contributed by atoms with Crippen LogP contribution in [0.5, 0.6) is 0 Å². The van der Waals surface area contributed by atoms with Crippen molar-refractivity contribution in [2.45, 2.75) is 11.8 Å². The first-order chi connectivity index (χ1) is 6.88. The van der Waals surface area contributed by atoms with Gasteiger partial charge in [0.2, 0.25) is 0 Å². The number of hydrogen-bond acceptors (Lipinski definition) is 1. The minimum atomic E-state index is 0.937. The van der Waals surface area contributed by atoms with E-state index in [1.807, 2.05) is 11.3 Å². The van der Waals surface area contributed by atoms with Gasteiger partial charge in [-0.1, -0.05) is 46.3 Å². The zero-order valence-electron chi connectivity index (χ0n) is 7.74. The molecule has 2 rings (SSSR count). The first-order valence-electron chi connectivity index (χ1n) is 4.54. The van der Waals surface area contributed by atoms with Gasteiger partial charge in [-0.2, -0.15) is 0 Å². The Morgan fingerprint density at radius 1 is 1.00 bits per heavy atom. The summed E-state index contributed by atoms with van der Waals surface area (Å²) in [6, 6.07) is 13.1. The van der Waals surface area contributed by atoms with E-state index < -0.39 is 0 Å².